The average Bonchev–Trinajstić information content (AvgIpc) is 3.22. The summed E-state index contributed by atoms with van der Waals surface area (Å²) in [6, 6.07) is 14.6. The van der Waals surface area contributed by atoms with Gasteiger partial charge in [-0.25, -0.2) is 4.39 Å². The van der Waals surface area contributed by atoms with Crippen LogP contribution in [0, 0.1) is 24.1 Å². The summed E-state index contributed by atoms with van der Waals surface area (Å²) in [4.78, 5) is 14.0. The minimum absolute atomic E-state index is 0.111. The number of ether oxygens (including phenoxy) is 2. The molecule has 0 aliphatic heterocycles. The zero-order valence-electron chi connectivity index (χ0n) is 22.2. The number of rotatable bonds is 7. The summed E-state index contributed by atoms with van der Waals surface area (Å²) in [6.45, 7) is 2.36. The third-order valence-corrected chi connectivity index (χ3v) is 7.49. The van der Waals surface area contributed by atoms with Crippen molar-refractivity contribution in [2.45, 2.75) is 32.7 Å². The number of nitrogens with one attached hydrogen (secondary N) is 1. The van der Waals surface area contributed by atoms with Crippen molar-refractivity contribution in [1.29, 1.82) is 5.41 Å². The van der Waals surface area contributed by atoms with E-state index in [4.69, 9.17) is 14.9 Å². The molecule has 1 unspecified atom stereocenters. The summed E-state index contributed by atoms with van der Waals surface area (Å²) in [6.07, 6.45) is 5.77. The molecule has 7 heteroatoms. The number of nitrogens with zero attached hydrogens (tertiary/aromatic N) is 2. The van der Waals surface area contributed by atoms with E-state index in [-0.39, 0.29) is 17.5 Å². The molecule has 1 aromatic heterocycles. The maximum Gasteiger partial charge on any atom is 0.202 e. The Labute approximate surface area is 221 Å². The molecule has 4 aromatic rings. The van der Waals surface area contributed by atoms with Crippen molar-refractivity contribution < 1.29 is 18.7 Å². The second-order valence-corrected chi connectivity index (χ2v) is 10.0. The minimum Gasteiger partial charge on any atom is -0.497 e. The van der Waals surface area contributed by atoms with E-state index in [2.05, 4.69) is 6.07 Å². The predicted octanol–water partition coefficient (Wildman–Crippen LogP) is 5.47. The van der Waals surface area contributed by atoms with Crippen molar-refractivity contribution in [3.05, 3.63) is 100 Å². The molecule has 5 rings (SSSR count). The molecule has 1 aliphatic rings. The van der Waals surface area contributed by atoms with Crippen molar-refractivity contribution in [3.8, 4) is 22.6 Å². The van der Waals surface area contributed by atoms with Crippen LogP contribution in [0.25, 0.3) is 11.1 Å². The van der Waals surface area contributed by atoms with Crippen LogP contribution < -0.4 is 15.1 Å². The van der Waals surface area contributed by atoms with Crippen LogP contribution in [-0.4, -0.2) is 29.1 Å². The number of hydrogen-bond acceptors (Lipinski definition) is 4. The Morgan fingerprint density at radius 1 is 0.947 bits per heavy atom. The molecule has 0 bridgehead atoms. The first-order chi connectivity index (χ1) is 18.3. The second-order valence-electron chi connectivity index (χ2n) is 10.0. The lowest BCUT2D eigenvalue weighted by molar-refractivity contribution is 0.0901. The van der Waals surface area contributed by atoms with Crippen LogP contribution in [0.3, 0.4) is 0 Å². The number of ketones is 1. The number of aryl methyl sites for hydroxylation is 2. The van der Waals surface area contributed by atoms with Crippen LogP contribution in [0.5, 0.6) is 11.5 Å². The van der Waals surface area contributed by atoms with Crippen LogP contribution in [0.2, 0.25) is 0 Å². The van der Waals surface area contributed by atoms with Gasteiger partial charge >= 0.3 is 0 Å². The number of fused-ring (bicyclic) bond motifs is 1. The van der Waals surface area contributed by atoms with Crippen molar-refractivity contribution >= 4 is 5.78 Å². The first-order valence-electron chi connectivity index (χ1n) is 12.7. The van der Waals surface area contributed by atoms with Crippen LogP contribution in [0.4, 0.5) is 4.39 Å². The average molecular weight is 514 g/mol. The van der Waals surface area contributed by atoms with Crippen LogP contribution in [0.15, 0.2) is 60.9 Å². The molecule has 0 spiro atoms. The normalized spacial score (nSPS) is 14.9. The van der Waals surface area contributed by atoms with Crippen molar-refractivity contribution in [1.82, 2.24) is 9.13 Å². The fraction of sp³-hybridized carbons (Fsp3) is 0.290. The molecule has 6 nitrogen and oxygen atoms in total. The van der Waals surface area contributed by atoms with E-state index in [0.29, 0.717) is 30.1 Å². The van der Waals surface area contributed by atoms with Gasteiger partial charge in [0.15, 0.2) is 5.78 Å². The second kappa shape index (κ2) is 10.3. The lowest BCUT2D eigenvalue weighted by Crippen LogP contribution is -2.26. The fourth-order valence-electron chi connectivity index (χ4n) is 5.46. The summed E-state index contributed by atoms with van der Waals surface area (Å²) in [7, 11) is 5.07. The van der Waals surface area contributed by atoms with E-state index in [1.165, 1.54) is 12.1 Å². The summed E-state index contributed by atoms with van der Waals surface area (Å²) < 4.78 is 28.4. The largest absolute Gasteiger partial charge is 0.497 e. The van der Waals surface area contributed by atoms with Gasteiger partial charge in [-0.2, -0.15) is 0 Å². The number of aromatic nitrogens is 2. The molecule has 0 amide bonds. The molecular formula is C31H32FN3O3. The fourth-order valence-corrected chi connectivity index (χ4v) is 5.46. The van der Waals surface area contributed by atoms with Gasteiger partial charge in [0.25, 0.3) is 0 Å². The highest BCUT2D eigenvalue weighted by molar-refractivity contribution is 6.02. The third-order valence-electron chi connectivity index (χ3n) is 7.49. The van der Waals surface area contributed by atoms with Crippen molar-refractivity contribution in [3.63, 3.8) is 0 Å². The summed E-state index contributed by atoms with van der Waals surface area (Å²) in [5.74, 6) is 1.06. The molecule has 1 N–H and O–H groups in total. The van der Waals surface area contributed by atoms with E-state index < -0.39 is 0 Å². The molecule has 0 saturated carbocycles. The number of imidazole rings is 1. The van der Waals surface area contributed by atoms with E-state index in [0.717, 1.165) is 51.8 Å². The standard InChI is InChI=1S/C31H32FN3O3/c1-19-11-23(32)6-8-26(19)28-15-21(18-35-10-9-34(2)31(35)33)16-29-27(28)7-5-22(30(29)36)12-20-13-24(37-3)17-25(14-20)38-4/h6,8-11,13-17,22,33H,5,7,12,18H2,1-4H3. The third kappa shape index (κ3) is 4.88. The SMILES string of the molecule is COc1cc(CC2CCc3c(cc(Cn4ccn(C)c4=N)cc3-c3ccc(F)cc3C)C2=O)cc(OC)c1. The maximum absolute atomic E-state index is 14.0. The van der Waals surface area contributed by atoms with E-state index >= 15 is 0 Å². The van der Waals surface area contributed by atoms with Gasteiger partial charge in [0.1, 0.15) is 17.3 Å². The molecule has 0 fully saturated rings. The topological polar surface area (TPSA) is 69.2 Å². The number of hydrogen-bond donors (Lipinski definition) is 1. The number of carbonyl (C=O) groups excluding carboxylic acids is 1. The van der Waals surface area contributed by atoms with Crippen LogP contribution in [0.1, 0.15) is 39.0 Å². The number of carbonyl (C=O) groups is 1. The van der Waals surface area contributed by atoms with E-state index in [1.54, 1.807) is 24.9 Å². The Bertz CT molecular complexity index is 1560. The molecular weight excluding hydrogens is 481 g/mol. The Morgan fingerprint density at radius 3 is 2.29 bits per heavy atom. The summed E-state index contributed by atoms with van der Waals surface area (Å²) >= 11 is 0. The van der Waals surface area contributed by atoms with Gasteiger partial charge < -0.3 is 18.6 Å². The van der Waals surface area contributed by atoms with E-state index in [9.17, 15) is 9.18 Å². The first-order valence-corrected chi connectivity index (χ1v) is 12.7. The van der Waals surface area contributed by atoms with Gasteiger partial charge in [0, 0.05) is 37.0 Å². The number of Topliss-reactive ketones (excluding diaryl/α,β-unsaturated/α-hetero) is 1. The quantitative estimate of drug-likeness (QED) is 0.356. The lowest BCUT2D eigenvalue weighted by Gasteiger charge is -2.27. The monoisotopic (exact) mass is 513 g/mol. The molecule has 196 valence electrons. The highest BCUT2D eigenvalue weighted by atomic mass is 19.1. The molecule has 0 saturated heterocycles. The van der Waals surface area contributed by atoms with Gasteiger partial charge in [-0.3, -0.25) is 10.2 Å². The van der Waals surface area contributed by atoms with Gasteiger partial charge in [0.2, 0.25) is 5.62 Å². The summed E-state index contributed by atoms with van der Waals surface area (Å²) in [5, 5.41) is 8.35. The van der Waals surface area contributed by atoms with Crippen LogP contribution in [-0.2, 0) is 26.4 Å². The Hall–Kier alpha value is -4.13. The zero-order chi connectivity index (χ0) is 27.0. The highest BCUT2D eigenvalue weighted by Crippen LogP contribution is 2.38. The molecule has 0 radical (unpaired) electrons. The molecule has 1 aliphatic carbocycles. The van der Waals surface area contributed by atoms with Gasteiger partial charge in [-0.05, 0) is 96.0 Å². The van der Waals surface area contributed by atoms with Gasteiger partial charge in [-0.15, -0.1) is 0 Å². The predicted molar refractivity (Wildman–Crippen MR) is 144 cm³/mol. The summed E-state index contributed by atoms with van der Waals surface area (Å²) in [5.41, 5.74) is 6.75. The van der Waals surface area contributed by atoms with Crippen molar-refractivity contribution in [2.24, 2.45) is 13.0 Å². The molecule has 38 heavy (non-hydrogen) atoms. The first kappa shape index (κ1) is 25.5. The van der Waals surface area contributed by atoms with Crippen molar-refractivity contribution in [2.75, 3.05) is 14.2 Å². The number of benzene rings is 3. The minimum atomic E-state index is -0.278. The highest BCUT2D eigenvalue weighted by Gasteiger charge is 2.30. The van der Waals surface area contributed by atoms with Gasteiger partial charge in [-0.1, -0.05) is 6.07 Å². The molecule has 1 atom stereocenters. The Kier molecular flexibility index (Phi) is 6.93. The van der Waals surface area contributed by atoms with Gasteiger partial charge in [0.05, 0.1) is 20.8 Å². The molecule has 3 aromatic carbocycles. The Balaban J connectivity index is 1.57. The Morgan fingerprint density at radius 2 is 1.66 bits per heavy atom. The number of methoxy groups -OCH3 is 2. The lowest BCUT2D eigenvalue weighted by atomic mass is 9.76. The molecule has 1 heterocycles. The zero-order valence-corrected chi connectivity index (χ0v) is 22.2. The number of halogens is 1. The van der Waals surface area contributed by atoms with E-state index in [1.807, 2.05) is 55.2 Å². The smallest absolute Gasteiger partial charge is 0.202 e. The van der Waals surface area contributed by atoms with Crippen LogP contribution >= 0.6 is 0 Å². The maximum atomic E-state index is 14.0.